The molecular weight excluding hydrogens is 476 g/mol. The first kappa shape index (κ1) is 25.2. The van der Waals surface area contributed by atoms with Gasteiger partial charge in [0.2, 0.25) is 0 Å². The molecule has 3 aromatic rings. The molecule has 1 aliphatic rings. The Balaban J connectivity index is 1.67. The van der Waals surface area contributed by atoms with Gasteiger partial charge in [0, 0.05) is 37.4 Å². The molecule has 0 aliphatic carbocycles. The molecule has 8 nitrogen and oxygen atoms in total. The predicted molar refractivity (Wildman–Crippen MR) is 144 cm³/mol. The molecule has 0 radical (unpaired) electrons. The van der Waals surface area contributed by atoms with E-state index in [0.717, 1.165) is 21.7 Å². The number of anilines is 2. The van der Waals surface area contributed by atoms with E-state index in [1.165, 1.54) is 11.3 Å². The van der Waals surface area contributed by atoms with Crippen molar-refractivity contribution in [2.75, 3.05) is 44.6 Å². The Hall–Kier alpha value is -3.85. The van der Waals surface area contributed by atoms with Gasteiger partial charge in [-0.05, 0) is 48.7 Å². The van der Waals surface area contributed by atoms with Crippen LogP contribution in [0.15, 0.2) is 53.5 Å². The zero-order chi connectivity index (χ0) is 25.7. The van der Waals surface area contributed by atoms with Crippen LogP contribution < -0.4 is 15.0 Å². The molecule has 2 heterocycles. The molecule has 0 saturated carbocycles. The van der Waals surface area contributed by atoms with Crippen LogP contribution in [0.25, 0.3) is 0 Å². The third kappa shape index (κ3) is 5.52. The van der Waals surface area contributed by atoms with Crippen LogP contribution in [-0.2, 0) is 17.7 Å². The Kier molecular flexibility index (Phi) is 7.90. The Morgan fingerprint density at radius 3 is 2.61 bits per heavy atom. The number of hydrogen-bond acceptors (Lipinski definition) is 7. The van der Waals surface area contributed by atoms with Gasteiger partial charge in [0.05, 0.1) is 31.5 Å². The quantitative estimate of drug-likeness (QED) is 0.438. The average Bonchev–Trinajstić information content (AvgIpc) is 3.26. The number of para-hydroxylation sites is 2. The minimum absolute atomic E-state index is 0.253. The lowest BCUT2D eigenvalue weighted by atomic mass is 10.0. The minimum Gasteiger partial charge on any atom is -0.495 e. The number of benzene rings is 2. The summed E-state index contributed by atoms with van der Waals surface area (Å²) in [7, 11) is 5.55. The topological polar surface area (TPSA) is 83.5 Å². The maximum absolute atomic E-state index is 13.5. The standard InChI is InChI=1S/C27H30N4O4S/c1-5-35-27(33)31-15-14-20-23(17-31)36-26(28-16-18-10-12-19(13-11-18)30(2)3)24(20)25(32)29-21-8-6-7-9-22(21)34-4/h6-13,16H,5,14-15,17H2,1-4H3,(H,29,32)/b28-16+. The number of thiophene rings is 1. The van der Waals surface area contributed by atoms with Gasteiger partial charge in [0.1, 0.15) is 10.8 Å². The lowest BCUT2D eigenvalue weighted by Gasteiger charge is -2.26. The molecule has 2 amide bonds. The highest BCUT2D eigenvalue weighted by Gasteiger charge is 2.30. The van der Waals surface area contributed by atoms with E-state index in [4.69, 9.17) is 14.5 Å². The number of ether oxygens (including phenoxy) is 2. The highest BCUT2D eigenvalue weighted by Crippen LogP contribution is 2.40. The van der Waals surface area contributed by atoms with Crippen molar-refractivity contribution in [2.24, 2.45) is 4.99 Å². The minimum atomic E-state index is -0.345. The summed E-state index contributed by atoms with van der Waals surface area (Å²) in [5.74, 6) is 0.325. The van der Waals surface area contributed by atoms with Crippen LogP contribution in [0, 0.1) is 0 Å². The Bertz CT molecular complexity index is 1270. The number of carbonyl (C=O) groups excluding carboxylic acids is 2. The zero-order valence-electron chi connectivity index (χ0n) is 20.9. The third-order valence-corrected chi connectivity index (χ3v) is 7.01. The zero-order valence-corrected chi connectivity index (χ0v) is 21.7. The van der Waals surface area contributed by atoms with E-state index >= 15 is 0 Å². The molecule has 0 saturated heterocycles. The molecule has 1 aliphatic heterocycles. The molecule has 0 spiro atoms. The number of methoxy groups -OCH3 is 1. The van der Waals surface area contributed by atoms with E-state index in [-0.39, 0.29) is 12.0 Å². The van der Waals surface area contributed by atoms with Gasteiger partial charge in [-0.25, -0.2) is 9.79 Å². The summed E-state index contributed by atoms with van der Waals surface area (Å²) < 4.78 is 10.6. The van der Waals surface area contributed by atoms with Crippen molar-refractivity contribution < 1.29 is 19.1 Å². The molecule has 2 aromatic carbocycles. The molecule has 0 fully saturated rings. The number of rotatable bonds is 7. The van der Waals surface area contributed by atoms with Crippen molar-refractivity contribution in [3.63, 3.8) is 0 Å². The highest BCUT2D eigenvalue weighted by molar-refractivity contribution is 7.16. The van der Waals surface area contributed by atoms with E-state index in [9.17, 15) is 9.59 Å². The number of nitrogens with one attached hydrogen (secondary N) is 1. The van der Waals surface area contributed by atoms with Gasteiger partial charge in [0.15, 0.2) is 0 Å². The van der Waals surface area contributed by atoms with Gasteiger partial charge in [-0.2, -0.15) is 0 Å². The van der Waals surface area contributed by atoms with Gasteiger partial charge in [-0.3, -0.25) is 4.79 Å². The van der Waals surface area contributed by atoms with Gasteiger partial charge in [0.25, 0.3) is 5.91 Å². The molecule has 4 rings (SSSR count). The van der Waals surface area contributed by atoms with Crippen LogP contribution in [0.4, 0.5) is 21.2 Å². The second-order valence-electron chi connectivity index (χ2n) is 8.45. The fourth-order valence-electron chi connectivity index (χ4n) is 4.01. The largest absolute Gasteiger partial charge is 0.495 e. The van der Waals surface area contributed by atoms with E-state index in [0.29, 0.717) is 48.1 Å². The Labute approximate surface area is 215 Å². The van der Waals surface area contributed by atoms with Gasteiger partial charge < -0.3 is 24.6 Å². The first-order valence-corrected chi connectivity index (χ1v) is 12.5. The highest BCUT2D eigenvalue weighted by atomic mass is 32.1. The van der Waals surface area contributed by atoms with Crippen molar-refractivity contribution in [1.82, 2.24) is 4.90 Å². The first-order valence-electron chi connectivity index (χ1n) is 11.7. The normalized spacial score (nSPS) is 12.8. The maximum atomic E-state index is 13.5. The van der Waals surface area contributed by atoms with Gasteiger partial charge >= 0.3 is 6.09 Å². The molecule has 36 heavy (non-hydrogen) atoms. The van der Waals surface area contributed by atoms with E-state index < -0.39 is 0 Å². The molecule has 188 valence electrons. The van der Waals surface area contributed by atoms with Crippen LogP contribution in [0.5, 0.6) is 5.75 Å². The lowest BCUT2D eigenvalue weighted by Crippen LogP contribution is -2.36. The smallest absolute Gasteiger partial charge is 0.410 e. The van der Waals surface area contributed by atoms with Crippen molar-refractivity contribution in [3.8, 4) is 5.75 Å². The van der Waals surface area contributed by atoms with Crippen LogP contribution >= 0.6 is 11.3 Å². The molecule has 1 aromatic heterocycles. The summed E-state index contributed by atoms with van der Waals surface area (Å²) in [5, 5.41) is 3.59. The molecule has 9 heteroatoms. The van der Waals surface area contributed by atoms with Gasteiger partial charge in [-0.15, -0.1) is 11.3 Å². The summed E-state index contributed by atoms with van der Waals surface area (Å²) in [6.07, 6.45) is 1.97. The molecule has 0 atom stereocenters. The second kappa shape index (κ2) is 11.3. The monoisotopic (exact) mass is 506 g/mol. The number of aliphatic imine (C=N–C) groups is 1. The van der Waals surface area contributed by atoms with E-state index in [2.05, 4.69) is 5.32 Å². The molecule has 1 N–H and O–H groups in total. The average molecular weight is 507 g/mol. The van der Waals surface area contributed by atoms with Crippen molar-refractivity contribution in [3.05, 3.63) is 70.1 Å². The SMILES string of the molecule is CCOC(=O)N1CCc2c(sc(/N=C/c3ccc(N(C)C)cc3)c2C(=O)Nc2ccccc2OC)C1. The summed E-state index contributed by atoms with van der Waals surface area (Å²) in [5.41, 5.74) is 4.06. The predicted octanol–water partition coefficient (Wildman–Crippen LogP) is 5.34. The van der Waals surface area contributed by atoms with Crippen LogP contribution in [0.3, 0.4) is 0 Å². The maximum Gasteiger partial charge on any atom is 0.410 e. The third-order valence-electron chi connectivity index (χ3n) is 5.89. The number of carbonyl (C=O) groups is 2. The lowest BCUT2D eigenvalue weighted by molar-refractivity contribution is 0.102. The summed E-state index contributed by atoms with van der Waals surface area (Å²) >= 11 is 1.43. The molecular formula is C27H30N4O4S. The van der Waals surface area contributed by atoms with Crippen molar-refractivity contribution >= 4 is 45.9 Å². The summed E-state index contributed by atoms with van der Waals surface area (Å²) in [4.78, 5) is 35.2. The van der Waals surface area contributed by atoms with Gasteiger partial charge in [-0.1, -0.05) is 24.3 Å². The van der Waals surface area contributed by atoms with Crippen LogP contribution in [-0.4, -0.2) is 57.5 Å². The summed E-state index contributed by atoms with van der Waals surface area (Å²) in [6, 6.07) is 15.3. The van der Waals surface area contributed by atoms with E-state index in [1.807, 2.05) is 55.4 Å². The van der Waals surface area contributed by atoms with E-state index in [1.54, 1.807) is 37.3 Å². The number of hydrogen-bond donors (Lipinski definition) is 1. The fraction of sp³-hybridized carbons (Fsp3) is 0.296. The van der Waals surface area contributed by atoms with Crippen molar-refractivity contribution in [1.29, 1.82) is 0 Å². The molecule has 0 bridgehead atoms. The van der Waals surface area contributed by atoms with Crippen LogP contribution in [0.2, 0.25) is 0 Å². The number of nitrogens with zero attached hydrogens (tertiary/aromatic N) is 3. The Morgan fingerprint density at radius 1 is 1.17 bits per heavy atom. The second-order valence-corrected chi connectivity index (χ2v) is 9.54. The number of fused-ring (bicyclic) bond motifs is 1. The van der Waals surface area contributed by atoms with Crippen molar-refractivity contribution in [2.45, 2.75) is 19.9 Å². The Morgan fingerprint density at radius 2 is 1.92 bits per heavy atom. The summed E-state index contributed by atoms with van der Waals surface area (Å²) in [6.45, 7) is 2.98. The molecule has 0 unspecified atom stereocenters. The number of amides is 2. The van der Waals surface area contributed by atoms with Crippen LogP contribution in [0.1, 0.15) is 33.3 Å². The fourth-order valence-corrected chi connectivity index (χ4v) is 5.21. The first-order chi connectivity index (χ1) is 17.4.